The van der Waals surface area contributed by atoms with E-state index in [0.29, 0.717) is 63.7 Å². The van der Waals surface area contributed by atoms with Crippen molar-refractivity contribution < 1.29 is 58.2 Å². The highest BCUT2D eigenvalue weighted by Gasteiger charge is 2.48. The number of carboxylic acid groups (broad SMARTS) is 1. The minimum absolute atomic E-state index is 0.0520. The second-order valence-corrected chi connectivity index (χ2v) is 19.9. The van der Waals surface area contributed by atoms with Gasteiger partial charge >= 0.3 is 5.97 Å². The highest BCUT2D eigenvalue weighted by atomic mass is 16.4. The number of aliphatic carboxylic acids is 1. The number of aromatic nitrogens is 2. The lowest BCUT2D eigenvalue weighted by molar-refractivity contribution is -0.152. The quantitative estimate of drug-likeness (QED) is 0.0266. The molecule has 4 aliphatic rings. The summed E-state index contributed by atoms with van der Waals surface area (Å²) < 4.78 is 0. The molecule has 1 aromatic rings. The number of aliphatic hydroxyl groups excluding tert-OH is 1. The Bertz CT molecular complexity index is 2220. The normalized spacial score (nSPS) is 22.0. The van der Waals surface area contributed by atoms with Crippen molar-refractivity contribution in [1.29, 1.82) is 0 Å². The number of rotatable bonds is 24. The zero-order valence-electron chi connectivity index (χ0n) is 42.6. The van der Waals surface area contributed by atoms with E-state index in [1.54, 1.807) is 20.8 Å². The predicted octanol–water partition coefficient (Wildman–Crippen LogP) is -4.12. The third-order valence-corrected chi connectivity index (χ3v) is 13.8. The van der Waals surface area contributed by atoms with Gasteiger partial charge in [0.05, 0.1) is 19.0 Å². The maximum absolute atomic E-state index is 14.3. The maximum atomic E-state index is 14.3. The summed E-state index contributed by atoms with van der Waals surface area (Å²) in [5.41, 5.74) is 17.2. The van der Waals surface area contributed by atoms with Crippen LogP contribution >= 0.6 is 0 Å². The number of hydrogen-bond acceptors (Lipinski definition) is 14. The molecule has 14 N–H and O–H groups in total. The molecule has 5 heterocycles. The van der Waals surface area contributed by atoms with Gasteiger partial charge in [0.25, 0.3) is 0 Å². The molecule has 4 saturated heterocycles. The van der Waals surface area contributed by atoms with Gasteiger partial charge in [-0.2, -0.15) is 0 Å². The van der Waals surface area contributed by atoms with Crippen LogP contribution < -0.4 is 43.8 Å². The van der Waals surface area contributed by atoms with Gasteiger partial charge in [0, 0.05) is 51.0 Å². The number of aliphatic hydroxyl groups is 1. The molecule has 0 aromatic carbocycles. The summed E-state index contributed by atoms with van der Waals surface area (Å²) >= 11 is 0. The monoisotopic (exact) mass is 1040 g/mol. The molecule has 27 nitrogen and oxygen atoms in total. The largest absolute Gasteiger partial charge is 0.480 e. The number of aromatic amines is 1. The number of carbonyl (C=O) groups is 10. The van der Waals surface area contributed by atoms with Gasteiger partial charge in [-0.3, -0.25) is 48.1 Å². The van der Waals surface area contributed by atoms with Gasteiger partial charge in [0.15, 0.2) is 5.96 Å². The van der Waals surface area contributed by atoms with E-state index in [4.69, 9.17) is 17.2 Å². The lowest BCUT2D eigenvalue weighted by Gasteiger charge is -2.35. The Morgan fingerprint density at radius 3 is 1.65 bits per heavy atom. The standard InChI is InChI=1S/C47H75N15O12/c1-25(2)20-31(46(73)74)57-40(67)32(23-63)58-39(66)30(21-28-22-51-24-53-28)56-38(65)29(10-5-15-52-47(49)50)55-37(64)27(4)54-41(68)33-11-6-16-59(33)43(70)35-13-8-18-61(35)45(72)36-14-9-19-62(36)44(71)34-12-7-17-60(34)42(69)26(3)48/h22,24-27,29-36,63H,5-21,23,48H2,1-4H3,(H,51,53)(H,54,68)(H,55,64)(H,56,65)(H,57,67)(H,58,66)(H,73,74)(H4,49,50,52)/t26-,27-,29-,30-,31-,32-,33-,34-,35-,36-/m0/s1. The Balaban J connectivity index is 1.24. The van der Waals surface area contributed by atoms with Gasteiger partial charge in [-0.25, -0.2) is 9.78 Å². The number of guanidine groups is 1. The first-order chi connectivity index (χ1) is 35.1. The molecule has 27 heteroatoms. The van der Waals surface area contributed by atoms with Gasteiger partial charge in [0.1, 0.15) is 54.4 Å². The third-order valence-electron chi connectivity index (χ3n) is 13.8. The number of amides is 9. The van der Waals surface area contributed by atoms with Crippen LogP contribution in [0.15, 0.2) is 17.5 Å². The predicted molar refractivity (Wildman–Crippen MR) is 264 cm³/mol. The van der Waals surface area contributed by atoms with E-state index in [2.05, 4.69) is 41.5 Å². The van der Waals surface area contributed by atoms with Crippen molar-refractivity contribution in [1.82, 2.24) is 56.2 Å². The van der Waals surface area contributed by atoms with Crippen LogP contribution in [0.2, 0.25) is 0 Å². The highest BCUT2D eigenvalue weighted by molar-refractivity contribution is 5.99. The lowest BCUT2D eigenvalue weighted by atomic mass is 10.0. The fourth-order valence-corrected chi connectivity index (χ4v) is 9.97. The lowest BCUT2D eigenvalue weighted by Crippen LogP contribution is -2.60. The SMILES string of the molecule is CC(C)C[C@H](NC(=O)[C@H](CO)NC(=O)[C@H](Cc1cnc[nH]1)NC(=O)[C@H](CCCN=C(N)N)NC(=O)[C@H](C)NC(=O)[C@@H]1CCCN1C(=O)[C@@H]1CCCN1C(=O)[C@@H]1CCCN1C(=O)[C@@H]1CCCN1C(=O)[C@H](C)N)C(=O)O. The molecular formula is C47H75N15O12. The number of nitrogens with zero attached hydrogens (tertiary/aromatic N) is 6. The Morgan fingerprint density at radius 1 is 0.676 bits per heavy atom. The zero-order chi connectivity index (χ0) is 54.4. The number of nitrogens with two attached hydrogens (primary N) is 3. The van der Waals surface area contributed by atoms with E-state index in [1.165, 1.54) is 39.0 Å². The molecule has 0 radical (unpaired) electrons. The topological polar surface area (TPSA) is 403 Å². The summed E-state index contributed by atoms with van der Waals surface area (Å²) in [6.07, 6.45) is 6.32. The number of carbonyl (C=O) groups excluding carboxylic acids is 9. The van der Waals surface area contributed by atoms with Crippen LogP contribution in [-0.2, 0) is 54.4 Å². The first-order valence-electron chi connectivity index (χ1n) is 25.5. The molecule has 410 valence electrons. The Kier molecular flexibility index (Phi) is 21.1. The minimum Gasteiger partial charge on any atom is -0.480 e. The van der Waals surface area contributed by atoms with Gasteiger partial charge in [-0.1, -0.05) is 13.8 Å². The van der Waals surface area contributed by atoms with Crippen LogP contribution in [-0.4, -0.2) is 205 Å². The molecule has 0 saturated carbocycles. The van der Waals surface area contributed by atoms with Crippen LogP contribution in [0.4, 0.5) is 0 Å². The summed E-state index contributed by atoms with van der Waals surface area (Å²) in [5, 5.41) is 32.3. The summed E-state index contributed by atoms with van der Waals surface area (Å²) in [4.78, 5) is 153. The van der Waals surface area contributed by atoms with E-state index in [-0.39, 0.29) is 81.3 Å². The molecule has 4 fully saturated rings. The molecule has 74 heavy (non-hydrogen) atoms. The Labute approximate surface area is 429 Å². The van der Waals surface area contributed by atoms with Gasteiger partial charge in [-0.15, -0.1) is 0 Å². The van der Waals surface area contributed by atoms with E-state index >= 15 is 0 Å². The van der Waals surface area contributed by atoms with Crippen LogP contribution in [0.5, 0.6) is 0 Å². The zero-order valence-corrected chi connectivity index (χ0v) is 42.6. The van der Waals surface area contributed by atoms with Gasteiger partial charge in [0.2, 0.25) is 53.2 Å². The van der Waals surface area contributed by atoms with Gasteiger partial charge in [-0.05, 0) is 90.4 Å². The van der Waals surface area contributed by atoms with Crippen molar-refractivity contribution >= 4 is 65.1 Å². The molecule has 0 bridgehead atoms. The first-order valence-corrected chi connectivity index (χ1v) is 25.5. The maximum Gasteiger partial charge on any atom is 0.326 e. The number of likely N-dealkylation sites (tertiary alicyclic amines) is 4. The number of carboxylic acids is 1. The molecule has 0 unspecified atom stereocenters. The molecule has 10 atom stereocenters. The second-order valence-electron chi connectivity index (χ2n) is 19.9. The van der Waals surface area contributed by atoms with Crippen LogP contribution in [0.25, 0.3) is 0 Å². The van der Waals surface area contributed by atoms with E-state index < -0.39 is 108 Å². The number of H-pyrrole nitrogens is 1. The van der Waals surface area contributed by atoms with Crippen LogP contribution in [0, 0.1) is 5.92 Å². The molecule has 5 rings (SSSR count). The summed E-state index contributed by atoms with van der Waals surface area (Å²) in [5.74, 6) is -7.31. The molecule has 1 aromatic heterocycles. The van der Waals surface area contributed by atoms with Crippen molar-refractivity contribution in [3.63, 3.8) is 0 Å². The molecule has 0 spiro atoms. The van der Waals surface area contributed by atoms with Crippen molar-refractivity contribution in [2.24, 2.45) is 28.1 Å². The fourth-order valence-electron chi connectivity index (χ4n) is 9.97. The van der Waals surface area contributed by atoms with E-state index in [9.17, 15) is 58.2 Å². The third kappa shape index (κ3) is 15.1. The average Bonchev–Trinajstić information content (AvgIpc) is 4.22. The van der Waals surface area contributed by atoms with Crippen molar-refractivity contribution in [3.8, 4) is 0 Å². The molecule has 4 aliphatic heterocycles. The number of imidazole rings is 1. The van der Waals surface area contributed by atoms with Crippen molar-refractivity contribution in [3.05, 3.63) is 18.2 Å². The number of nitrogens with one attached hydrogen (secondary N) is 6. The van der Waals surface area contributed by atoms with Gasteiger partial charge < -0.3 is 78.6 Å². The summed E-state index contributed by atoms with van der Waals surface area (Å²) in [6.45, 7) is 6.81. The summed E-state index contributed by atoms with van der Waals surface area (Å²) in [7, 11) is 0. The highest BCUT2D eigenvalue weighted by Crippen LogP contribution is 2.30. The Morgan fingerprint density at radius 2 is 1.15 bits per heavy atom. The minimum atomic E-state index is -1.61. The average molecular weight is 1040 g/mol. The number of hydrogen-bond donors (Lipinski definition) is 11. The molecule has 0 aliphatic carbocycles. The smallest absolute Gasteiger partial charge is 0.326 e. The van der Waals surface area contributed by atoms with Crippen LogP contribution in [0.3, 0.4) is 0 Å². The van der Waals surface area contributed by atoms with Crippen molar-refractivity contribution in [2.75, 3.05) is 39.3 Å². The van der Waals surface area contributed by atoms with Crippen molar-refractivity contribution in [2.45, 2.75) is 165 Å². The van der Waals surface area contributed by atoms with E-state index in [0.717, 1.165) is 0 Å². The molecular weight excluding hydrogens is 967 g/mol. The van der Waals surface area contributed by atoms with E-state index in [1.807, 2.05) is 0 Å². The number of aliphatic imine (C=N–C) groups is 1. The summed E-state index contributed by atoms with van der Waals surface area (Å²) in [6, 6.07) is -11.2. The first kappa shape index (κ1) is 58.0. The fraction of sp³-hybridized carbons (Fsp3) is 0.702. The molecule has 9 amide bonds. The Hall–Kier alpha value is -6.90. The van der Waals surface area contributed by atoms with Crippen LogP contribution in [0.1, 0.15) is 104 Å². The second kappa shape index (κ2) is 26.9.